The molecular weight excluding hydrogens is 367 g/mol. The Balaban J connectivity index is 2.04. The summed E-state index contributed by atoms with van der Waals surface area (Å²) in [4.78, 5) is 33.8. The van der Waals surface area contributed by atoms with Gasteiger partial charge < -0.3 is 21.5 Å². The van der Waals surface area contributed by atoms with Gasteiger partial charge in [-0.1, -0.05) is 24.3 Å². The Kier molecular flexibility index (Phi) is 5.80. The van der Waals surface area contributed by atoms with Crippen LogP contribution in [0, 0.1) is 5.82 Å². The van der Waals surface area contributed by atoms with Gasteiger partial charge in [0.2, 0.25) is 5.91 Å². The second kappa shape index (κ2) is 8.44. The standard InChI is InChI=1S/C18H19FN6O3/c19-12-6-2-1-5-11(12)16(28-18(27)24-17(20)21)25-10-9-23-15(26)14(25)13-7-3-4-8-22-13/h1-8,14,16H,9-10H2,(H,23,26)(H4,20,21,24,27). The monoisotopic (exact) mass is 386 g/mol. The number of carbonyl (C=O) groups is 2. The van der Waals surface area contributed by atoms with Crippen LogP contribution in [0.5, 0.6) is 0 Å². The molecular formula is C18H19FN6O3. The van der Waals surface area contributed by atoms with Crippen LogP contribution in [-0.2, 0) is 9.53 Å². The molecule has 1 aliphatic heterocycles. The van der Waals surface area contributed by atoms with Crippen LogP contribution in [0.3, 0.4) is 0 Å². The second-order valence-corrected chi connectivity index (χ2v) is 5.98. The molecule has 0 radical (unpaired) electrons. The molecule has 9 nitrogen and oxygen atoms in total. The average molecular weight is 386 g/mol. The normalized spacial score (nSPS) is 18.0. The van der Waals surface area contributed by atoms with E-state index in [1.807, 2.05) is 0 Å². The highest BCUT2D eigenvalue weighted by atomic mass is 19.1. The summed E-state index contributed by atoms with van der Waals surface area (Å²) in [6, 6.07) is 10.0. The zero-order valence-electron chi connectivity index (χ0n) is 14.8. The van der Waals surface area contributed by atoms with Crippen molar-refractivity contribution in [2.75, 3.05) is 13.1 Å². The van der Waals surface area contributed by atoms with Crippen LogP contribution in [0.2, 0.25) is 0 Å². The molecule has 2 amide bonds. The molecule has 2 heterocycles. The third-order valence-corrected chi connectivity index (χ3v) is 4.12. The Hall–Kier alpha value is -3.53. The maximum Gasteiger partial charge on any atom is 0.438 e. The molecule has 0 bridgehead atoms. The SMILES string of the molecule is NC(N)=NC(=O)OC(c1ccccc1F)N1CCNC(=O)C1c1ccccn1. The third-order valence-electron chi connectivity index (χ3n) is 4.12. The molecule has 0 saturated carbocycles. The molecule has 1 fully saturated rings. The van der Waals surface area contributed by atoms with Crippen molar-refractivity contribution in [2.45, 2.75) is 12.3 Å². The maximum atomic E-state index is 14.5. The number of ether oxygens (including phenoxy) is 1. The number of aromatic nitrogens is 1. The zero-order chi connectivity index (χ0) is 20.1. The minimum Gasteiger partial charge on any atom is -0.424 e. The number of benzene rings is 1. The Labute approximate surface area is 160 Å². The molecule has 0 spiro atoms. The van der Waals surface area contributed by atoms with Crippen molar-refractivity contribution in [3.05, 3.63) is 65.7 Å². The molecule has 1 saturated heterocycles. The molecule has 5 N–H and O–H groups in total. The second-order valence-electron chi connectivity index (χ2n) is 5.98. The van der Waals surface area contributed by atoms with Gasteiger partial charge in [0, 0.05) is 24.8 Å². The fourth-order valence-corrected chi connectivity index (χ4v) is 2.99. The van der Waals surface area contributed by atoms with Gasteiger partial charge in [0.05, 0.1) is 5.69 Å². The Morgan fingerprint density at radius 3 is 2.71 bits per heavy atom. The van der Waals surface area contributed by atoms with Gasteiger partial charge in [-0.15, -0.1) is 4.99 Å². The maximum absolute atomic E-state index is 14.5. The van der Waals surface area contributed by atoms with Crippen LogP contribution < -0.4 is 16.8 Å². The van der Waals surface area contributed by atoms with Gasteiger partial charge in [0.1, 0.15) is 11.9 Å². The Bertz CT molecular complexity index is 888. The zero-order valence-corrected chi connectivity index (χ0v) is 14.8. The van der Waals surface area contributed by atoms with Crippen molar-refractivity contribution in [1.29, 1.82) is 0 Å². The van der Waals surface area contributed by atoms with Gasteiger partial charge in [0.25, 0.3) is 0 Å². The number of halogens is 1. The van der Waals surface area contributed by atoms with Crippen LogP contribution in [0.4, 0.5) is 9.18 Å². The summed E-state index contributed by atoms with van der Waals surface area (Å²) in [5.41, 5.74) is 10.9. The number of pyridine rings is 1. The summed E-state index contributed by atoms with van der Waals surface area (Å²) >= 11 is 0. The van der Waals surface area contributed by atoms with Gasteiger partial charge in [0.15, 0.2) is 12.2 Å². The molecule has 1 aromatic heterocycles. The largest absolute Gasteiger partial charge is 0.438 e. The highest BCUT2D eigenvalue weighted by molar-refractivity contribution is 5.88. The molecule has 10 heteroatoms. The van der Waals surface area contributed by atoms with Crippen LogP contribution >= 0.6 is 0 Å². The first-order chi connectivity index (χ1) is 13.5. The van der Waals surface area contributed by atoms with Crippen LogP contribution in [-0.4, -0.2) is 40.9 Å². The van der Waals surface area contributed by atoms with Crippen molar-refractivity contribution in [1.82, 2.24) is 15.2 Å². The van der Waals surface area contributed by atoms with Gasteiger partial charge >= 0.3 is 6.09 Å². The van der Waals surface area contributed by atoms with E-state index in [9.17, 15) is 14.0 Å². The molecule has 1 aromatic carbocycles. The average Bonchev–Trinajstić information content (AvgIpc) is 2.67. The number of guanidine groups is 1. The predicted octanol–water partition coefficient (Wildman–Crippen LogP) is 0.802. The number of nitrogens with zero attached hydrogens (tertiary/aromatic N) is 3. The number of piperazine rings is 1. The highest BCUT2D eigenvalue weighted by Gasteiger charge is 2.39. The van der Waals surface area contributed by atoms with Gasteiger partial charge in [-0.25, -0.2) is 14.1 Å². The highest BCUT2D eigenvalue weighted by Crippen LogP contribution is 2.33. The molecule has 3 rings (SSSR count). The fraction of sp³-hybridized carbons (Fsp3) is 0.222. The van der Waals surface area contributed by atoms with Gasteiger partial charge in [-0.05, 0) is 18.2 Å². The minimum absolute atomic E-state index is 0.0669. The Morgan fingerprint density at radius 2 is 2.04 bits per heavy atom. The van der Waals surface area contributed by atoms with E-state index < -0.39 is 30.1 Å². The van der Waals surface area contributed by atoms with Crippen LogP contribution in [0.25, 0.3) is 0 Å². The smallest absolute Gasteiger partial charge is 0.424 e. The van der Waals surface area contributed by atoms with E-state index in [4.69, 9.17) is 16.2 Å². The summed E-state index contributed by atoms with van der Waals surface area (Å²) in [5, 5.41) is 2.74. The fourth-order valence-electron chi connectivity index (χ4n) is 2.99. The summed E-state index contributed by atoms with van der Waals surface area (Å²) in [7, 11) is 0. The number of aliphatic imine (C=N–C) groups is 1. The summed E-state index contributed by atoms with van der Waals surface area (Å²) in [6.07, 6.45) is -0.798. The van der Waals surface area contributed by atoms with E-state index in [-0.39, 0.29) is 24.6 Å². The quantitative estimate of drug-likeness (QED) is 0.522. The number of hydrogen-bond acceptors (Lipinski definition) is 5. The molecule has 0 aliphatic carbocycles. The Morgan fingerprint density at radius 1 is 1.29 bits per heavy atom. The van der Waals surface area contributed by atoms with Crippen molar-refractivity contribution >= 4 is 18.0 Å². The van der Waals surface area contributed by atoms with Crippen molar-refractivity contribution in [3.8, 4) is 0 Å². The lowest BCUT2D eigenvalue weighted by Crippen LogP contribution is -2.52. The van der Waals surface area contributed by atoms with E-state index in [1.165, 1.54) is 18.2 Å². The lowest BCUT2D eigenvalue weighted by atomic mass is 10.0. The minimum atomic E-state index is -1.24. The topological polar surface area (TPSA) is 136 Å². The van der Waals surface area contributed by atoms with E-state index in [2.05, 4.69) is 15.3 Å². The first-order valence-electron chi connectivity index (χ1n) is 8.46. The van der Waals surface area contributed by atoms with Crippen LogP contribution in [0.15, 0.2) is 53.7 Å². The van der Waals surface area contributed by atoms with E-state index in [0.29, 0.717) is 5.69 Å². The molecule has 2 atom stereocenters. The van der Waals surface area contributed by atoms with Crippen molar-refractivity contribution < 1.29 is 18.7 Å². The summed E-state index contributed by atoms with van der Waals surface area (Å²) in [5.74, 6) is -1.44. The van der Waals surface area contributed by atoms with Gasteiger partial charge in [-0.2, -0.15) is 0 Å². The lowest BCUT2D eigenvalue weighted by Gasteiger charge is -2.39. The number of hydrogen-bond donors (Lipinski definition) is 3. The lowest BCUT2D eigenvalue weighted by molar-refractivity contribution is -0.137. The third kappa shape index (κ3) is 4.23. The molecule has 2 unspecified atom stereocenters. The first kappa shape index (κ1) is 19.2. The van der Waals surface area contributed by atoms with Crippen molar-refractivity contribution in [3.63, 3.8) is 0 Å². The van der Waals surface area contributed by atoms with E-state index >= 15 is 0 Å². The molecule has 1 aliphatic rings. The predicted molar refractivity (Wildman–Crippen MR) is 98.1 cm³/mol. The summed E-state index contributed by atoms with van der Waals surface area (Å²) in [6.45, 7) is 0.564. The van der Waals surface area contributed by atoms with Crippen molar-refractivity contribution in [2.24, 2.45) is 16.5 Å². The number of nitrogens with one attached hydrogen (secondary N) is 1. The molecule has 146 valence electrons. The van der Waals surface area contributed by atoms with E-state index in [0.717, 1.165) is 0 Å². The summed E-state index contributed by atoms with van der Waals surface area (Å²) < 4.78 is 19.9. The van der Waals surface area contributed by atoms with Gasteiger partial charge in [-0.3, -0.25) is 9.78 Å². The number of rotatable bonds is 4. The number of nitrogens with two attached hydrogens (primary N) is 2. The van der Waals surface area contributed by atoms with Crippen LogP contribution in [0.1, 0.15) is 23.5 Å². The van der Waals surface area contributed by atoms with E-state index in [1.54, 1.807) is 35.4 Å². The first-order valence-corrected chi connectivity index (χ1v) is 8.46. The molecule has 2 aromatic rings. The molecule has 28 heavy (non-hydrogen) atoms. The number of carbonyl (C=O) groups excluding carboxylic acids is 2. The number of amides is 2.